The van der Waals surface area contributed by atoms with E-state index in [1.165, 1.54) is 0 Å². The predicted octanol–water partition coefficient (Wildman–Crippen LogP) is 4.93. The predicted molar refractivity (Wildman–Crippen MR) is 109 cm³/mol. The molecule has 0 fully saturated rings. The van der Waals surface area contributed by atoms with Crippen molar-refractivity contribution in [3.05, 3.63) is 46.6 Å². The number of ether oxygens (including phenoxy) is 3. The average molecular weight is 397 g/mol. The van der Waals surface area contributed by atoms with Crippen molar-refractivity contribution in [2.24, 2.45) is 5.92 Å². The Morgan fingerprint density at radius 3 is 2.66 bits per heavy atom. The van der Waals surface area contributed by atoms with Gasteiger partial charge < -0.3 is 18.6 Å². The van der Waals surface area contributed by atoms with E-state index in [4.69, 9.17) is 23.6 Å². The second-order valence-corrected chi connectivity index (χ2v) is 8.52. The highest BCUT2D eigenvalue weighted by Gasteiger charge is 2.57. The molecule has 0 aromatic carbocycles. The quantitative estimate of drug-likeness (QED) is 0.681. The molecule has 6 heteroatoms. The van der Waals surface area contributed by atoms with E-state index in [0.29, 0.717) is 45.9 Å². The number of pyridine rings is 1. The van der Waals surface area contributed by atoms with Crippen LogP contribution in [0.15, 0.2) is 39.7 Å². The number of carbonyl (C=O) groups excluding carboxylic acids is 1. The fraction of sp³-hybridized carbons (Fsp3) is 0.478. The smallest absolute Gasteiger partial charge is 0.229 e. The molecule has 4 rings (SSSR count). The van der Waals surface area contributed by atoms with E-state index in [0.717, 1.165) is 5.57 Å². The van der Waals surface area contributed by atoms with Gasteiger partial charge in [-0.1, -0.05) is 18.6 Å². The zero-order chi connectivity index (χ0) is 21.1. The molecule has 2 aromatic rings. The summed E-state index contributed by atoms with van der Waals surface area (Å²) >= 11 is 0. The van der Waals surface area contributed by atoms with E-state index in [1.54, 1.807) is 26.5 Å². The summed E-state index contributed by atoms with van der Waals surface area (Å²) in [6.45, 7) is 10.1. The Bertz CT molecular complexity index is 1070. The van der Waals surface area contributed by atoms with Crippen LogP contribution in [0.1, 0.15) is 57.1 Å². The number of nitrogens with zero attached hydrogens (tertiary/aromatic N) is 1. The minimum absolute atomic E-state index is 0.107. The largest absolute Gasteiger partial charge is 0.495 e. The van der Waals surface area contributed by atoms with Crippen molar-refractivity contribution in [3.63, 3.8) is 0 Å². The summed E-state index contributed by atoms with van der Waals surface area (Å²) in [4.78, 5) is 18.5. The number of rotatable bonds is 4. The zero-order valence-electron chi connectivity index (χ0n) is 18.0. The molecular weight excluding hydrogens is 370 g/mol. The van der Waals surface area contributed by atoms with Crippen LogP contribution in [0.5, 0.6) is 5.75 Å². The molecule has 29 heavy (non-hydrogen) atoms. The third-order valence-corrected chi connectivity index (χ3v) is 6.22. The molecule has 0 saturated carbocycles. The van der Waals surface area contributed by atoms with E-state index >= 15 is 0 Å². The van der Waals surface area contributed by atoms with Crippen LogP contribution in [0.3, 0.4) is 0 Å². The summed E-state index contributed by atoms with van der Waals surface area (Å²) in [5.41, 5.74) is 1.51. The Kier molecular flexibility index (Phi) is 4.39. The van der Waals surface area contributed by atoms with Gasteiger partial charge in [0.1, 0.15) is 17.1 Å². The van der Waals surface area contributed by atoms with Gasteiger partial charge in [0.15, 0.2) is 11.4 Å². The number of furan rings is 1. The molecule has 0 spiro atoms. The summed E-state index contributed by atoms with van der Waals surface area (Å²) < 4.78 is 23.8. The van der Waals surface area contributed by atoms with Gasteiger partial charge in [-0.25, -0.2) is 4.98 Å². The highest BCUT2D eigenvalue weighted by Crippen LogP contribution is 2.55. The third-order valence-electron chi connectivity index (χ3n) is 6.22. The number of aromatic nitrogens is 1. The molecule has 0 radical (unpaired) electrons. The van der Waals surface area contributed by atoms with Crippen molar-refractivity contribution in [2.75, 3.05) is 14.2 Å². The van der Waals surface area contributed by atoms with Gasteiger partial charge >= 0.3 is 0 Å². The van der Waals surface area contributed by atoms with E-state index in [-0.39, 0.29) is 11.7 Å². The van der Waals surface area contributed by atoms with Crippen LogP contribution in [-0.4, -0.2) is 30.6 Å². The highest BCUT2D eigenvalue weighted by atomic mass is 16.6. The maximum Gasteiger partial charge on any atom is 0.229 e. The molecule has 0 unspecified atom stereocenters. The zero-order valence-corrected chi connectivity index (χ0v) is 18.0. The summed E-state index contributed by atoms with van der Waals surface area (Å²) in [7, 11) is 3.19. The molecule has 0 bridgehead atoms. The minimum atomic E-state index is -1.04. The molecule has 1 aliphatic carbocycles. The van der Waals surface area contributed by atoms with Crippen LogP contribution in [-0.2, 0) is 15.1 Å². The average Bonchev–Trinajstić information content (AvgIpc) is 3.23. The summed E-state index contributed by atoms with van der Waals surface area (Å²) in [5, 5.41) is 0.668. The van der Waals surface area contributed by atoms with Crippen LogP contribution in [0, 0.1) is 5.92 Å². The molecule has 2 atom stereocenters. The monoisotopic (exact) mass is 397 g/mol. The minimum Gasteiger partial charge on any atom is -0.495 e. The summed E-state index contributed by atoms with van der Waals surface area (Å²) in [6, 6.07) is 1.77. The number of ketones is 1. The number of Topliss-reactive ketones (excluding diaryl/α,β-unsaturated/α-hetero) is 1. The lowest BCUT2D eigenvalue weighted by Crippen LogP contribution is -2.39. The first-order valence-corrected chi connectivity index (χ1v) is 9.80. The van der Waals surface area contributed by atoms with Gasteiger partial charge in [0.2, 0.25) is 5.71 Å². The van der Waals surface area contributed by atoms with Crippen LogP contribution in [0.4, 0.5) is 0 Å². The van der Waals surface area contributed by atoms with Crippen molar-refractivity contribution in [2.45, 2.75) is 52.2 Å². The third kappa shape index (κ3) is 2.58. The van der Waals surface area contributed by atoms with E-state index in [1.807, 2.05) is 34.6 Å². The lowest BCUT2D eigenvalue weighted by Gasteiger charge is -2.37. The SMILES string of the molecule is COc1c2c(nc3occc13)[C@@](CC=C(C)C)(OC)C1=C(C2=O)[C@@H](C)C(C)(C)O1. The van der Waals surface area contributed by atoms with Gasteiger partial charge in [0, 0.05) is 25.0 Å². The summed E-state index contributed by atoms with van der Waals surface area (Å²) in [5.74, 6) is 0.785. The van der Waals surface area contributed by atoms with Crippen molar-refractivity contribution in [1.82, 2.24) is 4.98 Å². The van der Waals surface area contributed by atoms with Crippen LogP contribution >= 0.6 is 0 Å². The van der Waals surface area contributed by atoms with Gasteiger partial charge in [-0.3, -0.25) is 4.79 Å². The van der Waals surface area contributed by atoms with E-state index in [9.17, 15) is 4.79 Å². The van der Waals surface area contributed by atoms with E-state index < -0.39 is 11.2 Å². The molecule has 2 aromatic heterocycles. The normalized spacial score (nSPS) is 24.9. The second-order valence-electron chi connectivity index (χ2n) is 8.52. The van der Waals surface area contributed by atoms with Crippen molar-refractivity contribution in [1.29, 1.82) is 0 Å². The Balaban J connectivity index is 2.11. The number of hydrogen-bond donors (Lipinski definition) is 0. The topological polar surface area (TPSA) is 70.8 Å². The van der Waals surface area contributed by atoms with Crippen molar-refractivity contribution >= 4 is 16.9 Å². The van der Waals surface area contributed by atoms with Gasteiger partial charge in [-0.2, -0.15) is 0 Å². The van der Waals surface area contributed by atoms with Crippen LogP contribution in [0.25, 0.3) is 11.1 Å². The molecule has 3 heterocycles. The number of allylic oxidation sites excluding steroid dienone is 1. The van der Waals surface area contributed by atoms with Crippen LogP contribution < -0.4 is 4.74 Å². The van der Waals surface area contributed by atoms with Crippen LogP contribution in [0.2, 0.25) is 0 Å². The Hall–Kier alpha value is -2.60. The molecular formula is C23H27NO5. The number of methoxy groups -OCH3 is 2. The fourth-order valence-corrected chi connectivity index (χ4v) is 4.28. The lowest BCUT2D eigenvalue weighted by atomic mass is 9.74. The first kappa shape index (κ1) is 19.7. The van der Waals surface area contributed by atoms with Gasteiger partial charge in [0.25, 0.3) is 0 Å². The maximum absolute atomic E-state index is 13.7. The maximum atomic E-state index is 13.7. The Morgan fingerprint density at radius 1 is 1.31 bits per heavy atom. The number of hydrogen-bond acceptors (Lipinski definition) is 6. The number of carbonyl (C=O) groups is 1. The molecule has 2 aliphatic rings. The van der Waals surface area contributed by atoms with Gasteiger partial charge in [-0.15, -0.1) is 0 Å². The molecule has 0 saturated heterocycles. The van der Waals surface area contributed by atoms with Gasteiger partial charge in [0.05, 0.1) is 30.0 Å². The fourth-order valence-electron chi connectivity index (χ4n) is 4.28. The number of fused-ring (bicyclic) bond motifs is 2. The van der Waals surface area contributed by atoms with Gasteiger partial charge in [-0.05, 0) is 33.8 Å². The highest BCUT2D eigenvalue weighted by molar-refractivity contribution is 6.16. The van der Waals surface area contributed by atoms with Crippen molar-refractivity contribution in [3.8, 4) is 5.75 Å². The molecule has 154 valence electrons. The molecule has 1 aliphatic heterocycles. The molecule has 6 nitrogen and oxygen atoms in total. The first-order valence-electron chi connectivity index (χ1n) is 9.80. The molecule has 0 amide bonds. The second kappa shape index (κ2) is 6.46. The van der Waals surface area contributed by atoms with Crippen molar-refractivity contribution < 1.29 is 23.4 Å². The Morgan fingerprint density at radius 2 is 2.03 bits per heavy atom. The first-order chi connectivity index (χ1) is 13.7. The lowest BCUT2D eigenvalue weighted by molar-refractivity contribution is -0.0674. The Labute approximate surface area is 170 Å². The van der Waals surface area contributed by atoms with E-state index in [2.05, 4.69) is 6.08 Å². The molecule has 0 N–H and O–H groups in total. The standard InChI is InChI=1S/C23H27NO5/c1-12(2)8-10-23(27-7)19-16(18(26-6)14-9-11-28-21(14)24-19)17(25)15-13(3)22(4,5)29-20(15)23/h8-9,11,13H,10H2,1-7H3/t13-,23-/m1/s1. The summed E-state index contributed by atoms with van der Waals surface area (Å²) in [6.07, 6.45) is 4.10.